The van der Waals surface area contributed by atoms with Crippen molar-refractivity contribution in [2.45, 2.75) is 46.6 Å². The first-order valence-electron chi connectivity index (χ1n) is 5.98. The zero-order valence-corrected chi connectivity index (χ0v) is 10.4. The average molecular weight is 205 g/mol. The second kappa shape index (κ2) is 5.79. The molecule has 1 N–H and O–H groups in total. The van der Waals surface area contributed by atoms with Crippen LogP contribution in [-0.2, 0) is 6.42 Å². The van der Waals surface area contributed by atoms with E-state index in [1.54, 1.807) is 0 Å². The van der Waals surface area contributed by atoms with E-state index in [9.17, 15) is 0 Å². The Hall–Kier alpha value is -0.980. The van der Waals surface area contributed by atoms with Gasteiger partial charge in [-0.2, -0.15) is 0 Å². The lowest BCUT2D eigenvalue weighted by molar-refractivity contribution is 0.646. The van der Waals surface area contributed by atoms with Crippen molar-refractivity contribution in [1.82, 2.24) is 0 Å². The van der Waals surface area contributed by atoms with Gasteiger partial charge >= 0.3 is 0 Å². The molecule has 0 heterocycles. The molecule has 1 rings (SSSR count). The summed E-state index contributed by atoms with van der Waals surface area (Å²) in [5, 5.41) is 3.57. The summed E-state index contributed by atoms with van der Waals surface area (Å²) in [5.74, 6) is 0.713. The van der Waals surface area contributed by atoms with Gasteiger partial charge in [-0.15, -0.1) is 0 Å². The molecule has 0 spiro atoms. The molecule has 0 saturated heterocycles. The summed E-state index contributed by atoms with van der Waals surface area (Å²) in [5.41, 5.74) is 2.74. The van der Waals surface area contributed by atoms with Crippen LogP contribution in [0.1, 0.15) is 39.7 Å². The molecule has 84 valence electrons. The van der Waals surface area contributed by atoms with Crippen molar-refractivity contribution in [1.29, 1.82) is 0 Å². The normalized spacial score (nSPS) is 12.9. The fourth-order valence-electron chi connectivity index (χ4n) is 1.65. The van der Waals surface area contributed by atoms with Crippen molar-refractivity contribution in [2.75, 3.05) is 5.32 Å². The molecule has 0 aliphatic rings. The first-order chi connectivity index (χ1) is 7.13. The Morgan fingerprint density at radius 3 is 2.40 bits per heavy atom. The molecule has 0 radical (unpaired) electrons. The van der Waals surface area contributed by atoms with Crippen LogP contribution in [0.2, 0.25) is 0 Å². The summed E-state index contributed by atoms with van der Waals surface area (Å²) < 4.78 is 0. The molecule has 1 atom stereocenters. The fourth-order valence-corrected chi connectivity index (χ4v) is 1.65. The second-order valence-corrected chi connectivity index (χ2v) is 4.71. The molecular weight excluding hydrogens is 182 g/mol. The molecule has 0 bridgehead atoms. The van der Waals surface area contributed by atoms with Crippen molar-refractivity contribution in [2.24, 2.45) is 5.92 Å². The average Bonchev–Trinajstić information content (AvgIpc) is 2.20. The maximum atomic E-state index is 3.57. The molecule has 1 heteroatoms. The number of hydrogen-bond acceptors (Lipinski definition) is 1. The van der Waals surface area contributed by atoms with Gasteiger partial charge < -0.3 is 5.32 Å². The van der Waals surface area contributed by atoms with E-state index in [0.717, 1.165) is 12.8 Å². The summed E-state index contributed by atoms with van der Waals surface area (Å²) in [6.45, 7) is 8.97. The zero-order chi connectivity index (χ0) is 11.3. The Bertz CT molecular complexity index is 291. The third-order valence-electron chi connectivity index (χ3n) is 2.66. The molecule has 0 aliphatic carbocycles. The highest BCUT2D eigenvalue weighted by molar-refractivity contribution is 5.51. The van der Waals surface area contributed by atoms with Gasteiger partial charge in [-0.1, -0.05) is 39.0 Å². The van der Waals surface area contributed by atoms with Gasteiger partial charge in [-0.05, 0) is 37.3 Å². The molecule has 0 aliphatic heterocycles. The number of nitrogens with one attached hydrogen (secondary N) is 1. The van der Waals surface area contributed by atoms with Crippen LogP contribution in [0.5, 0.6) is 0 Å². The summed E-state index contributed by atoms with van der Waals surface area (Å²) in [6, 6.07) is 9.20. The van der Waals surface area contributed by atoms with E-state index in [4.69, 9.17) is 0 Å². The third kappa shape index (κ3) is 3.94. The summed E-state index contributed by atoms with van der Waals surface area (Å²) in [6.07, 6.45) is 2.32. The van der Waals surface area contributed by atoms with E-state index in [1.807, 2.05) is 0 Å². The molecule has 0 amide bonds. The van der Waals surface area contributed by atoms with E-state index < -0.39 is 0 Å². The van der Waals surface area contributed by atoms with Crippen molar-refractivity contribution in [3.8, 4) is 0 Å². The highest BCUT2D eigenvalue weighted by Gasteiger charge is 2.05. The first kappa shape index (κ1) is 12.1. The number of para-hydroxylation sites is 1. The van der Waals surface area contributed by atoms with Gasteiger partial charge in [0.05, 0.1) is 0 Å². The van der Waals surface area contributed by atoms with Crippen LogP contribution in [-0.4, -0.2) is 6.04 Å². The van der Waals surface area contributed by atoms with Crippen LogP contribution in [0.25, 0.3) is 0 Å². The minimum atomic E-state index is 0.554. The Labute approximate surface area is 93.9 Å². The fraction of sp³-hybridized carbons (Fsp3) is 0.571. The van der Waals surface area contributed by atoms with Gasteiger partial charge in [0.15, 0.2) is 0 Å². The smallest absolute Gasteiger partial charge is 0.0374 e. The van der Waals surface area contributed by atoms with Crippen LogP contribution in [0.15, 0.2) is 24.3 Å². The van der Waals surface area contributed by atoms with E-state index in [2.05, 4.69) is 57.3 Å². The van der Waals surface area contributed by atoms with E-state index in [1.165, 1.54) is 11.3 Å². The van der Waals surface area contributed by atoms with Gasteiger partial charge in [-0.3, -0.25) is 0 Å². The quantitative estimate of drug-likeness (QED) is 0.763. The van der Waals surface area contributed by atoms with Gasteiger partial charge in [0, 0.05) is 11.7 Å². The number of hydrogen-bond donors (Lipinski definition) is 1. The van der Waals surface area contributed by atoms with Gasteiger partial charge in [0.1, 0.15) is 0 Å². The Morgan fingerprint density at radius 2 is 1.80 bits per heavy atom. The van der Waals surface area contributed by atoms with E-state index >= 15 is 0 Å². The van der Waals surface area contributed by atoms with Crippen LogP contribution >= 0.6 is 0 Å². The maximum absolute atomic E-state index is 3.57. The lowest BCUT2D eigenvalue weighted by Crippen LogP contribution is -2.15. The topological polar surface area (TPSA) is 12.0 Å². The number of rotatable bonds is 5. The minimum Gasteiger partial charge on any atom is -0.382 e. The van der Waals surface area contributed by atoms with Crippen molar-refractivity contribution in [3.05, 3.63) is 29.8 Å². The predicted molar refractivity (Wildman–Crippen MR) is 68.4 cm³/mol. The van der Waals surface area contributed by atoms with Crippen LogP contribution in [0.3, 0.4) is 0 Å². The van der Waals surface area contributed by atoms with Gasteiger partial charge in [-0.25, -0.2) is 0 Å². The maximum Gasteiger partial charge on any atom is 0.0374 e. The van der Waals surface area contributed by atoms with Crippen LogP contribution in [0.4, 0.5) is 5.69 Å². The van der Waals surface area contributed by atoms with E-state index in [-0.39, 0.29) is 0 Å². The Morgan fingerprint density at radius 1 is 1.13 bits per heavy atom. The molecule has 1 nitrogen and oxygen atoms in total. The number of anilines is 1. The third-order valence-corrected chi connectivity index (χ3v) is 2.66. The van der Waals surface area contributed by atoms with Crippen LogP contribution < -0.4 is 5.32 Å². The molecule has 1 unspecified atom stereocenters. The molecular formula is C14H23N. The number of benzene rings is 1. The van der Waals surface area contributed by atoms with Gasteiger partial charge in [0.2, 0.25) is 0 Å². The monoisotopic (exact) mass is 205 g/mol. The highest BCUT2D eigenvalue weighted by atomic mass is 14.9. The summed E-state index contributed by atoms with van der Waals surface area (Å²) >= 11 is 0. The molecule has 15 heavy (non-hydrogen) atoms. The molecule has 0 aromatic heterocycles. The second-order valence-electron chi connectivity index (χ2n) is 4.71. The molecule has 0 fully saturated rings. The van der Waals surface area contributed by atoms with Crippen molar-refractivity contribution >= 4 is 5.69 Å². The Kier molecular flexibility index (Phi) is 4.67. The van der Waals surface area contributed by atoms with Crippen molar-refractivity contribution < 1.29 is 0 Å². The zero-order valence-electron chi connectivity index (χ0n) is 10.4. The van der Waals surface area contributed by atoms with Crippen LogP contribution in [0, 0.1) is 5.92 Å². The SMILES string of the molecule is CCC(C)Nc1ccccc1CC(C)C. The highest BCUT2D eigenvalue weighted by Crippen LogP contribution is 2.19. The summed E-state index contributed by atoms with van der Waals surface area (Å²) in [4.78, 5) is 0. The first-order valence-corrected chi connectivity index (χ1v) is 5.98. The lowest BCUT2D eigenvalue weighted by atomic mass is 10.0. The van der Waals surface area contributed by atoms with Gasteiger partial charge in [0.25, 0.3) is 0 Å². The molecule has 0 saturated carbocycles. The van der Waals surface area contributed by atoms with E-state index in [0.29, 0.717) is 12.0 Å². The minimum absolute atomic E-state index is 0.554. The molecule has 1 aromatic carbocycles. The predicted octanol–water partition coefficient (Wildman–Crippen LogP) is 4.10. The standard InChI is InChI=1S/C14H23N/c1-5-12(4)15-14-9-7-6-8-13(14)10-11(2)3/h6-9,11-12,15H,5,10H2,1-4H3. The Balaban J connectivity index is 2.76. The largest absolute Gasteiger partial charge is 0.382 e. The lowest BCUT2D eigenvalue weighted by Gasteiger charge is -2.17. The van der Waals surface area contributed by atoms with Crippen molar-refractivity contribution in [3.63, 3.8) is 0 Å². The summed E-state index contributed by atoms with van der Waals surface area (Å²) in [7, 11) is 0. The molecule has 1 aromatic rings.